The number of nitro groups is 1. The van der Waals surface area contributed by atoms with Gasteiger partial charge < -0.3 is 15.3 Å². The number of fused-ring (bicyclic) bond motifs is 1. The van der Waals surface area contributed by atoms with Gasteiger partial charge in [-0.2, -0.15) is 0 Å². The molecule has 6 heteroatoms. The molecule has 1 saturated carbocycles. The second kappa shape index (κ2) is 4.94. The van der Waals surface area contributed by atoms with E-state index in [2.05, 4.69) is 10.2 Å². The minimum Gasteiger partial charge on any atom is -0.393 e. The van der Waals surface area contributed by atoms with Gasteiger partial charge in [0, 0.05) is 26.1 Å². The van der Waals surface area contributed by atoms with E-state index in [-0.39, 0.29) is 22.6 Å². The molecule has 108 valence electrons. The largest absolute Gasteiger partial charge is 0.393 e. The minimum atomic E-state index is -0.328. The van der Waals surface area contributed by atoms with Crippen LogP contribution in [0, 0.1) is 22.0 Å². The summed E-state index contributed by atoms with van der Waals surface area (Å²) in [5.41, 5.74) is 1.32. The first kappa shape index (κ1) is 13.2. The van der Waals surface area contributed by atoms with Crippen LogP contribution in [0.5, 0.6) is 0 Å². The maximum Gasteiger partial charge on any atom is 0.315 e. The Bertz CT molecular complexity index is 534. The molecule has 0 bridgehead atoms. The summed E-state index contributed by atoms with van der Waals surface area (Å²) in [5, 5.41) is 24.2. The lowest BCUT2D eigenvalue weighted by Crippen LogP contribution is -2.25. The molecule has 0 aromatic heterocycles. The second-order valence-electron chi connectivity index (χ2n) is 5.65. The summed E-state index contributed by atoms with van der Waals surface area (Å²) in [5.74, 6) is 0.718. The van der Waals surface area contributed by atoms with Crippen LogP contribution < -0.4 is 10.2 Å². The maximum atomic E-state index is 11.4. The third-order valence-electron chi connectivity index (χ3n) is 4.63. The van der Waals surface area contributed by atoms with Crippen molar-refractivity contribution in [1.29, 1.82) is 0 Å². The third kappa shape index (κ3) is 2.00. The van der Waals surface area contributed by atoms with Gasteiger partial charge in [-0.25, -0.2) is 0 Å². The minimum absolute atomic E-state index is 0.129. The smallest absolute Gasteiger partial charge is 0.315 e. The summed E-state index contributed by atoms with van der Waals surface area (Å²) >= 11 is 0. The number of hydrogen-bond acceptors (Lipinski definition) is 5. The molecule has 3 atom stereocenters. The van der Waals surface area contributed by atoms with Crippen molar-refractivity contribution in [2.24, 2.45) is 11.8 Å². The van der Waals surface area contributed by atoms with Crippen LogP contribution in [0.3, 0.4) is 0 Å². The van der Waals surface area contributed by atoms with Crippen LogP contribution in [0.15, 0.2) is 18.2 Å². The Morgan fingerprint density at radius 1 is 1.40 bits per heavy atom. The first-order valence-corrected chi connectivity index (χ1v) is 7.00. The van der Waals surface area contributed by atoms with Crippen LogP contribution in [-0.2, 0) is 0 Å². The van der Waals surface area contributed by atoms with Gasteiger partial charge in [0.1, 0.15) is 11.4 Å². The predicted molar refractivity (Wildman–Crippen MR) is 77.1 cm³/mol. The average Bonchev–Trinajstić information content (AvgIpc) is 3.00. The van der Waals surface area contributed by atoms with E-state index in [1.165, 1.54) is 0 Å². The fourth-order valence-electron chi connectivity index (χ4n) is 3.61. The number of nitrogens with zero attached hydrogens (tertiary/aromatic N) is 2. The number of aliphatic hydroxyl groups is 1. The Balaban J connectivity index is 1.93. The molecule has 3 rings (SSSR count). The summed E-state index contributed by atoms with van der Waals surface area (Å²) in [4.78, 5) is 13.1. The summed E-state index contributed by atoms with van der Waals surface area (Å²) < 4.78 is 0. The van der Waals surface area contributed by atoms with Gasteiger partial charge in [0.25, 0.3) is 0 Å². The molecule has 20 heavy (non-hydrogen) atoms. The molecule has 1 aliphatic heterocycles. The highest BCUT2D eigenvalue weighted by atomic mass is 16.6. The van der Waals surface area contributed by atoms with Crippen molar-refractivity contribution in [2.75, 3.05) is 30.4 Å². The van der Waals surface area contributed by atoms with E-state index in [1.54, 1.807) is 19.2 Å². The van der Waals surface area contributed by atoms with E-state index in [0.717, 1.165) is 19.4 Å². The fraction of sp³-hybridized carbons (Fsp3) is 0.571. The number of anilines is 2. The van der Waals surface area contributed by atoms with E-state index in [0.29, 0.717) is 23.8 Å². The molecule has 6 nitrogen and oxygen atoms in total. The first-order valence-electron chi connectivity index (χ1n) is 7.00. The highest BCUT2D eigenvalue weighted by Gasteiger charge is 2.43. The van der Waals surface area contributed by atoms with Gasteiger partial charge in [0.05, 0.1) is 11.0 Å². The highest BCUT2D eigenvalue weighted by Crippen LogP contribution is 2.43. The topological polar surface area (TPSA) is 78.6 Å². The van der Waals surface area contributed by atoms with Crippen LogP contribution in [-0.4, -0.2) is 36.3 Å². The number of aliphatic hydroxyl groups excluding tert-OH is 1. The number of hydrogen-bond donors (Lipinski definition) is 2. The number of rotatable bonds is 3. The van der Waals surface area contributed by atoms with Crippen molar-refractivity contribution in [3.05, 3.63) is 28.3 Å². The SMILES string of the molecule is CNc1cccc(N2CC3CCC(O)C3C2)c1[N+](=O)[O-]. The molecule has 2 N–H and O–H groups in total. The van der Waals surface area contributed by atoms with Crippen molar-refractivity contribution in [1.82, 2.24) is 0 Å². The standard InChI is InChI=1S/C14H19N3O3/c1-15-11-3-2-4-12(14(11)17(19)20)16-7-9-5-6-13(18)10(9)8-16/h2-4,9-10,13,15,18H,5-8H2,1H3. The highest BCUT2D eigenvalue weighted by molar-refractivity contribution is 5.77. The lowest BCUT2D eigenvalue weighted by molar-refractivity contribution is -0.383. The number of nitro benzene ring substituents is 1. The van der Waals surface area contributed by atoms with Crippen molar-refractivity contribution in [3.8, 4) is 0 Å². The summed E-state index contributed by atoms with van der Waals surface area (Å²) in [7, 11) is 1.69. The van der Waals surface area contributed by atoms with Crippen LogP contribution in [0.25, 0.3) is 0 Å². The number of benzene rings is 1. The fourth-order valence-corrected chi connectivity index (χ4v) is 3.61. The second-order valence-corrected chi connectivity index (χ2v) is 5.65. The quantitative estimate of drug-likeness (QED) is 0.651. The Kier molecular flexibility index (Phi) is 3.25. The molecule has 1 saturated heterocycles. The first-order chi connectivity index (χ1) is 9.61. The van der Waals surface area contributed by atoms with Crippen LogP contribution in [0.4, 0.5) is 17.1 Å². The van der Waals surface area contributed by atoms with Gasteiger partial charge >= 0.3 is 5.69 Å². The van der Waals surface area contributed by atoms with Crippen LogP contribution in [0.2, 0.25) is 0 Å². The van der Waals surface area contributed by atoms with Gasteiger partial charge in [0.2, 0.25) is 0 Å². The van der Waals surface area contributed by atoms with Gasteiger partial charge in [0.15, 0.2) is 0 Å². The Morgan fingerprint density at radius 2 is 2.20 bits per heavy atom. The summed E-state index contributed by atoms with van der Waals surface area (Å²) in [6.45, 7) is 1.51. The van der Waals surface area contributed by atoms with Crippen molar-refractivity contribution in [2.45, 2.75) is 18.9 Å². The lowest BCUT2D eigenvalue weighted by Gasteiger charge is -2.21. The van der Waals surface area contributed by atoms with Gasteiger partial charge in [-0.1, -0.05) is 6.07 Å². The van der Waals surface area contributed by atoms with E-state index >= 15 is 0 Å². The molecule has 3 unspecified atom stereocenters. The molecule has 0 amide bonds. The third-order valence-corrected chi connectivity index (χ3v) is 4.63. The Labute approximate surface area is 117 Å². The zero-order chi connectivity index (χ0) is 14.3. The molecule has 2 fully saturated rings. The van der Waals surface area contributed by atoms with Gasteiger partial charge in [-0.05, 0) is 30.9 Å². The molecule has 0 spiro atoms. The van der Waals surface area contributed by atoms with E-state index in [9.17, 15) is 15.2 Å². The average molecular weight is 277 g/mol. The van der Waals surface area contributed by atoms with Crippen molar-refractivity contribution < 1.29 is 10.0 Å². The summed E-state index contributed by atoms with van der Waals surface area (Å²) in [6, 6.07) is 5.35. The van der Waals surface area contributed by atoms with E-state index in [4.69, 9.17) is 0 Å². The molecule has 1 aromatic rings. The zero-order valence-electron chi connectivity index (χ0n) is 11.5. The Morgan fingerprint density at radius 3 is 2.85 bits per heavy atom. The van der Waals surface area contributed by atoms with E-state index in [1.807, 2.05) is 6.07 Å². The Hall–Kier alpha value is -1.82. The van der Waals surface area contributed by atoms with E-state index < -0.39 is 0 Å². The molecular formula is C14H19N3O3. The van der Waals surface area contributed by atoms with Crippen molar-refractivity contribution >= 4 is 17.1 Å². The maximum absolute atomic E-state index is 11.4. The van der Waals surface area contributed by atoms with Crippen LogP contribution >= 0.6 is 0 Å². The van der Waals surface area contributed by atoms with Gasteiger partial charge in [-0.3, -0.25) is 10.1 Å². The molecule has 0 radical (unpaired) electrons. The predicted octanol–water partition coefficient (Wildman–Crippen LogP) is 1.84. The number of nitrogens with one attached hydrogen (secondary N) is 1. The molecular weight excluding hydrogens is 258 g/mol. The zero-order valence-corrected chi connectivity index (χ0v) is 11.5. The monoisotopic (exact) mass is 277 g/mol. The molecule has 2 aliphatic rings. The lowest BCUT2D eigenvalue weighted by atomic mass is 10.00. The van der Waals surface area contributed by atoms with Gasteiger partial charge in [-0.15, -0.1) is 0 Å². The molecule has 1 aliphatic carbocycles. The normalized spacial score (nSPS) is 28.5. The summed E-state index contributed by atoms with van der Waals surface area (Å²) in [6.07, 6.45) is 1.63. The van der Waals surface area contributed by atoms with Crippen LogP contribution in [0.1, 0.15) is 12.8 Å². The van der Waals surface area contributed by atoms with Crippen molar-refractivity contribution in [3.63, 3.8) is 0 Å². The molecule has 1 aromatic carbocycles. The number of para-hydroxylation sites is 1. The molecule has 1 heterocycles.